The van der Waals surface area contributed by atoms with E-state index in [1.54, 1.807) is 0 Å². The molecule has 28 heavy (non-hydrogen) atoms. The first-order valence-corrected chi connectivity index (χ1v) is 8.75. The molecule has 0 heterocycles. The van der Waals surface area contributed by atoms with Crippen LogP contribution in [0.5, 0.6) is 17.2 Å². The fourth-order valence-corrected chi connectivity index (χ4v) is 2.94. The van der Waals surface area contributed by atoms with Crippen molar-refractivity contribution >= 4 is 11.6 Å². The van der Waals surface area contributed by atoms with Gasteiger partial charge in [0.05, 0.1) is 26.3 Å². The molecule has 0 bridgehead atoms. The van der Waals surface area contributed by atoms with E-state index in [-0.39, 0.29) is 28.7 Å². The number of benzene rings is 2. The smallest absolute Gasteiger partial charge is 0.327 e. The molecule has 8 heteroatoms. The molecule has 8 nitrogen and oxygen atoms in total. The van der Waals surface area contributed by atoms with Crippen LogP contribution >= 0.6 is 0 Å². The number of amides is 1. The van der Waals surface area contributed by atoms with E-state index in [0.29, 0.717) is 13.0 Å². The summed E-state index contributed by atoms with van der Waals surface area (Å²) in [6.45, 7) is 2.42. The van der Waals surface area contributed by atoms with Crippen molar-refractivity contribution in [2.75, 3.05) is 27.9 Å². The number of carbonyl (C=O) groups excluding carboxylic acids is 1. The first kappa shape index (κ1) is 21.0. The van der Waals surface area contributed by atoms with Gasteiger partial charge in [-0.1, -0.05) is 37.3 Å². The van der Waals surface area contributed by atoms with Gasteiger partial charge in [-0.25, -0.2) is 0 Å². The Kier molecular flexibility index (Phi) is 7.20. The number of hydrogen-bond acceptors (Lipinski definition) is 6. The molecule has 0 aliphatic heterocycles. The van der Waals surface area contributed by atoms with E-state index in [9.17, 15) is 14.9 Å². The van der Waals surface area contributed by atoms with Crippen molar-refractivity contribution in [3.63, 3.8) is 0 Å². The van der Waals surface area contributed by atoms with E-state index in [2.05, 4.69) is 12.2 Å². The van der Waals surface area contributed by atoms with Crippen LogP contribution in [0, 0.1) is 10.1 Å². The molecular formula is C20H24N2O6. The Morgan fingerprint density at radius 2 is 1.75 bits per heavy atom. The molecule has 0 aliphatic rings. The standard InChI is InChI=1S/C20H24N2O6/c1-13(14-8-6-5-7-9-14)10-11-21-20(23)15-12-16(26-2)18(27-3)19(28-4)17(15)22(24)25/h5-9,12-13H,10-11H2,1-4H3,(H,21,23). The van der Waals surface area contributed by atoms with E-state index < -0.39 is 16.5 Å². The van der Waals surface area contributed by atoms with E-state index >= 15 is 0 Å². The number of nitro groups is 1. The van der Waals surface area contributed by atoms with E-state index in [0.717, 1.165) is 5.56 Å². The SMILES string of the molecule is COc1cc(C(=O)NCCC(C)c2ccccc2)c([N+](=O)[O-])c(OC)c1OC. The van der Waals surface area contributed by atoms with E-state index in [1.165, 1.54) is 27.4 Å². The molecule has 1 amide bonds. The quantitative estimate of drug-likeness (QED) is 0.521. The van der Waals surface area contributed by atoms with Crippen molar-refractivity contribution < 1.29 is 23.9 Å². The highest BCUT2D eigenvalue weighted by atomic mass is 16.6. The van der Waals surface area contributed by atoms with Crippen LogP contribution in [-0.4, -0.2) is 38.7 Å². The number of carbonyl (C=O) groups is 1. The lowest BCUT2D eigenvalue weighted by Gasteiger charge is -2.15. The van der Waals surface area contributed by atoms with E-state index in [1.807, 2.05) is 30.3 Å². The van der Waals surface area contributed by atoms with Crippen molar-refractivity contribution in [1.29, 1.82) is 0 Å². The zero-order valence-corrected chi connectivity index (χ0v) is 16.4. The number of rotatable bonds is 9. The normalized spacial score (nSPS) is 11.4. The van der Waals surface area contributed by atoms with Gasteiger partial charge in [0.25, 0.3) is 5.91 Å². The summed E-state index contributed by atoms with van der Waals surface area (Å²) < 4.78 is 15.5. The first-order chi connectivity index (χ1) is 13.4. The third-order valence-corrected chi connectivity index (χ3v) is 4.46. The maximum atomic E-state index is 12.7. The predicted molar refractivity (Wildman–Crippen MR) is 105 cm³/mol. The summed E-state index contributed by atoms with van der Waals surface area (Å²) in [6.07, 6.45) is 0.688. The molecular weight excluding hydrogens is 364 g/mol. The Morgan fingerprint density at radius 3 is 2.29 bits per heavy atom. The van der Waals surface area contributed by atoms with Crippen molar-refractivity contribution in [1.82, 2.24) is 5.32 Å². The average molecular weight is 388 g/mol. The van der Waals surface area contributed by atoms with Crippen LogP contribution < -0.4 is 19.5 Å². The molecule has 0 aromatic heterocycles. The third kappa shape index (κ3) is 4.51. The van der Waals surface area contributed by atoms with Gasteiger partial charge in [0, 0.05) is 12.6 Å². The van der Waals surface area contributed by atoms with Crippen LogP contribution in [0.2, 0.25) is 0 Å². The summed E-state index contributed by atoms with van der Waals surface area (Å²) in [5.74, 6) is -0.268. The lowest BCUT2D eigenvalue weighted by molar-refractivity contribution is -0.386. The van der Waals surface area contributed by atoms with Crippen LogP contribution in [-0.2, 0) is 0 Å². The number of methoxy groups -OCH3 is 3. The van der Waals surface area contributed by atoms with Gasteiger partial charge in [-0.05, 0) is 17.9 Å². The number of ether oxygens (including phenoxy) is 3. The van der Waals surface area contributed by atoms with Gasteiger partial charge in [0.2, 0.25) is 11.5 Å². The second-order valence-corrected chi connectivity index (χ2v) is 6.15. The highest BCUT2D eigenvalue weighted by Gasteiger charge is 2.32. The molecule has 0 saturated heterocycles. The average Bonchev–Trinajstić information content (AvgIpc) is 2.72. The molecule has 2 aromatic carbocycles. The predicted octanol–water partition coefficient (Wildman–Crippen LogP) is 3.54. The minimum absolute atomic E-state index is 0.0611. The van der Waals surface area contributed by atoms with Gasteiger partial charge in [-0.3, -0.25) is 14.9 Å². The zero-order chi connectivity index (χ0) is 20.7. The van der Waals surface area contributed by atoms with Crippen LogP contribution in [0.1, 0.15) is 35.2 Å². The minimum atomic E-state index is -0.664. The molecule has 1 atom stereocenters. The number of nitrogens with zero attached hydrogens (tertiary/aromatic N) is 1. The zero-order valence-electron chi connectivity index (χ0n) is 16.4. The third-order valence-electron chi connectivity index (χ3n) is 4.46. The summed E-state index contributed by atoms with van der Waals surface area (Å²) in [5, 5.41) is 14.3. The summed E-state index contributed by atoms with van der Waals surface area (Å²) in [6, 6.07) is 11.2. The van der Waals surface area contributed by atoms with Crippen LogP contribution in [0.15, 0.2) is 36.4 Å². The van der Waals surface area contributed by atoms with Gasteiger partial charge in [0.15, 0.2) is 5.75 Å². The Balaban J connectivity index is 2.23. The Hall–Kier alpha value is -3.29. The number of hydrogen-bond donors (Lipinski definition) is 1. The largest absolute Gasteiger partial charge is 0.493 e. The minimum Gasteiger partial charge on any atom is -0.493 e. The van der Waals surface area contributed by atoms with Gasteiger partial charge in [-0.15, -0.1) is 0 Å². The highest BCUT2D eigenvalue weighted by molar-refractivity contribution is 6.00. The number of nitro benzene ring substituents is 1. The Bertz CT molecular complexity index is 838. The monoisotopic (exact) mass is 388 g/mol. The molecule has 1 N–H and O–H groups in total. The first-order valence-electron chi connectivity index (χ1n) is 8.75. The van der Waals surface area contributed by atoms with Crippen molar-refractivity contribution in [2.24, 2.45) is 0 Å². The summed E-state index contributed by atoms with van der Waals surface area (Å²) in [4.78, 5) is 23.6. The molecule has 0 fully saturated rings. The lowest BCUT2D eigenvalue weighted by Crippen LogP contribution is -2.26. The Labute approximate surface area is 163 Å². The van der Waals surface area contributed by atoms with Gasteiger partial charge in [-0.2, -0.15) is 0 Å². The molecule has 0 spiro atoms. The van der Waals surface area contributed by atoms with Crippen molar-refractivity contribution in [3.05, 3.63) is 57.6 Å². The second-order valence-electron chi connectivity index (χ2n) is 6.15. The maximum Gasteiger partial charge on any atom is 0.327 e. The summed E-state index contributed by atoms with van der Waals surface area (Å²) in [7, 11) is 3.99. The lowest BCUT2D eigenvalue weighted by atomic mass is 9.98. The molecule has 2 aromatic rings. The Morgan fingerprint density at radius 1 is 1.11 bits per heavy atom. The topological polar surface area (TPSA) is 99.9 Å². The molecule has 1 unspecified atom stereocenters. The van der Waals surface area contributed by atoms with Crippen molar-refractivity contribution in [3.8, 4) is 17.2 Å². The van der Waals surface area contributed by atoms with Gasteiger partial charge >= 0.3 is 5.69 Å². The van der Waals surface area contributed by atoms with Crippen LogP contribution in [0.3, 0.4) is 0 Å². The van der Waals surface area contributed by atoms with Crippen LogP contribution in [0.4, 0.5) is 5.69 Å². The van der Waals surface area contributed by atoms with Gasteiger partial charge < -0.3 is 19.5 Å². The molecule has 150 valence electrons. The molecule has 0 saturated carbocycles. The fourth-order valence-electron chi connectivity index (χ4n) is 2.94. The second kappa shape index (κ2) is 9.59. The highest BCUT2D eigenvalue weighted by Crippen LogP contribution is 2.46. The fraction of sp³-hybridized carbons (Fsp3) is 0.350. The van der Waals surface area contributed by atoms with Crippen molar-refractivity contribution in [2.45, 2.75) is 19.3 Å². The van der Waals surface area contributed by atoms with Gasteiger partial charge in [0.1, 0.15) is 5.56 Å². The molecule has 0 aliphatic carbocycles. The molecule has 0 radical (unpaired) electrons. The van der Waals surface area contributed by atoms with E-state index in [4.69, 9.17) is 14.2 Å². The van der Waals surface area contributed by atoms with Crippen LogP contribution in [0.25, 0.3) is 0 Å². The number of nitrogens with one attached hydrogen (secondary N) is 1. The molecule has 2 rings (SSSR count). The summed E-state index contributed by atoms with van der Waals surface area (Å²) >= 11 is 0. The summed E-state index contributed by atoms with van der Waals surface area (Å²) in [5.41, 5.74) is 0.552. The maximum absolute atomic E-state index is 12.7.